The fourth-order valence-electron chi connectivity index (χ4n) is 1.38. The lowest BCUT2D eigenvalue weighted by Crippen LogP contribution is -2.48. The Balaban J connectivity index is 4.83. The van der Waals surface area contributed by atoms with Gasteiger partial charge in [0.15, 0.2) is 6.04 Å². The van der Waals surface area contributed by atoms with Gasteiger partial charge in [0.25, 0.3) is 8.46 Å². The first kappa shape index (κ1) is 21.7. The Morgan fingerprint density at radius 1 is 1.13 bits per heavy atom. The zero-order valence-electron chi connectivity index (χ0n) is 14.0. The van der Waals surface area contributed by atoms with Crippen LogP contribution in [-0.4, -0.2) is 54.3 Å². The summed E-state index contributed by atoms with van der Waals surface area (Å²) in [6.07, 6.45) is -0.911. The lowest BCUT2D eigenvalue weighted by atomic mass is 10.2. The van der Waals surface area contributed by atoms with E-state index < -0.39 is 44.5 Å². The highest BCUT2D eigenvalue weighted by Gasteiger charge is 2.37. The number of hydrogen-bond acceptors (Lipinski definition) is 7. The molecule has 1 unspecified atom stereocenters. The van der Waals surface area contributed by atoms with Gasteiger partial charge in [0, 0.05) is 0 Å². The molecule has 0 bridgehead atoms. The Kier molecular flexibility index (Phi) is 9.23. The predicted molar refractivity (Wildman–Crippen MR) is 80.3 cm³/mol. The van der Waals surface area contributed by atoms with Crippen LogP contribution >= 0.6 is 8.46 Å². The normalized spacial score (nSPS) is 13.6. The number of carboxylic acid groups (broad SMARTS) is 1. The fraction of sp³-hybridized carbons (Fsp3) is 0.846. The number of carbonyl (C=O) groups excluding carboxylic acids is 1. The summed E-state index contributed by atoms with van der Waals surface area (Å²) in [5.74, 6) is -1.35. The minimum atomic E-state index is -1.91. The molecule has 0 aromatic heterocycles. The van der Waals surface area contributed by atoms with Gasteiger partial charge < -0.3 is 29.4 Å². The molecule has 0 aliphatic rings. The third-order valence-electron chi connectivity index (χ3n) is 2.19. The van der Waals surface area contributed by atoms with Crippen molar-refractivity contribution in [2.75, 3.05) is 19.8 Å². The highest BCUT2D eigenvalue weighted by molar-refractivity contribution is 7.25. The summed E-state index contributed by atoms with van der Waals surface area (Å²) in [7, 11) is -0.622. The van der Waals surface area contributed by atoms with Crippen LogP contribution in [0.2, 0.25) is 0 Å². The number of aliphatic carboxylic acids is 1. The highest BCUT2D eigenvalue weighted by atomic mass is 31.1. The molecule has 0 saturated heterocycles. The molecule has 0 fully saturated rings. The van der Waals surface area contributed by atoms with Crippen LogP contribution in [0.5, 0.6) is 0 Å². The van der Waals surface area contributed by atoms with Crippen LogP contribution in [0.3, 0.4) is 0 Å². The van der Waals surface area contributed by atoms with Crippen molar-refractivity contribution in [1.82, 2.24) is 5.32 Å². The van der Waals surface area contributed by atoms with Crippen molar-refractivity contribution in [3.63, 3.8) is 0 Å². The standard InChI is InChI=1S/C13H24NO8P/c1-6-19-13(23-18,20-7-2)21-8-9(10(15)16)14-11(17)22-12(3,4)5/h9H,6-8H2,1-5H3,(H,14,17)(H,15,16). The van der Waals surface area contributed by atoms with E-state index >= 15 is 0 Å². The van der Waals surface area contributed by atoms with E-state index in [1.54, 1.807) is 34.6 Å². The van der Waals surface area contributed by atoms with Crippen molar-refractivity contribution in [3.8, 4) is 0 Å². The van der Waals surface area contributed by atoms with E-state index in [0.29, 0.717) is 0 Å². The van der Waals surface area contributed by atoms with Gasteiger partial charge in [-0.25, -0.2) is 9.59 Å². The summed E-state index contributed by atoms with van der Waals surface area (Å²) in [4.78, 5) is 22.9. The third-order valence-corrected chi connectivity index (χ3v) is 2.80. The van der Waals surface area contributed by atoms with E-state index in [4.69, 9.17) is 24.1 Å². The molecule has 0 aromatic rings. The maximum Gasteiger partial charge on any atom is 0.408 e. The molecule has 0 radical (unpaired) electrons. The van der Waals surface area contributed by atoms with Crippen LogP contribution in [0.4, 0.5) is 4.79 Å². The first-order chi connectivity index (χ1) is 10.6. The highest BCUT2D eigenvalue weighted by Crippen LogP contribution is 2.28. The quantitative estimate of drug-likeness (QED) is 0.452. The van der Waals surface area contributed by atoms with Gasteiger partial charge >= 0.3 is 17.8 Å². The van der Waals surface area contributed by atoms with Crippen LogP contribution < -0.4 is 5.32 Å². The van der Waals surface area contributed by atoms with Crippen molar-refractivity contribution in [1.29, 1.82) is 0 Å². The zero-order chi connectivity index (χ0) is 18.1. The molecule has 23 heavy (non-hydrogen) atoms. The maximum atomic E-state index is 11.6. The van der Waals surface area contributed by atoms with E-state index in [-0.39, 0.29) is 13.2 Å². The van der Waals surface area contributed by atoms with E-state index in [0.717, 1.165) is 0 Å². The third kappa shape index (κ3) is 8.80. The van der Waals surface area contributed by atoms with Gasteiger partial charge in [-0.3, -0.25) is 4.57 Å². The van der Waals surface area contributed by atoms with Crippen LogP contribution in [0.1, 0.15) is 34.6 Å². The van der Waals surface area contributed by atoms with Gasteiger partial charge in [-0.05, 0) is 34.6 Å². The van der Waals surface area contributed by atoms with Crippen molar-refractivity contribution in [3.05, 3.63) is 0 Å². The second kappa shape index (κ2) is 9.77. The molecule has 0 aliphatic heterocycles. The molecule has 0 aromatic carbocycles. The molecule has 0 heterocycles. The van der Waals surface area contributed by atoms with Crippen molar-refractivity contribution in [2.24, 2.45) is 0 Å². The summed E-state index contributed by atoms with van der Waals surface area (Å²) in [6, 6.07) is -1.42. The van der Waals surface area contributed by atoms with E-state index in [1.165, 1.54) is 0 Å². The number of hydrogen-bond donors (Lipinski definition) is 2. The number of alkyl carbamates (subject to hydrolysis) is 1. The van der Waals surface area contributed by atoms with Crippen LogP contribution in [0.15, 0.2) is 0 Å². The van der Waals surface area contributed by atoms with Gasteiger partial charge in [-0.2, -0.15) is 0 Å². The van der Waals surface area contributed by atoms with Gasteiger partial charge in [0.2, 0.25) is 0 Å². The number of rotatable bonds is 10. The number of amides is 1. The first-order valence-electron chi connectivity index (χ1n) is 7.07. The Morgan fingerprint density at radius 3 is 2.00 bits per heavy atom. The average Bonchev–Trinajstić information content (AvgIpc) is 2.41. The molecule has 0 spiro atoms. The number of ether oxygens (including phenoxy) is 4. The van der Waals surface area contributed by atoms with Gasteiger partial charge in [-0.15, -0.1) is 0 Å². The summed E-state index contributed by atoms with van der Waals surface area (Å²) in [5.41, 5.74) is -2.69. The second-order valence-electron chi connectivity index (χ2n) is 5.33. The monoisotopic (exact) mass is 353 g/mol. The molecule has 0 saturated carbocycles. The van der Waals surface area contributed by atoms with Crippen LogP contribution in [0, 0.1) is 0 Å². The molecule has 0 aliphatic carbocycles. The van der Waals surface area contributed by atoms with E-state index in [9.17, 15) is 14.2 Å². The van der Waals surface area contributed by atoms with Crippen molar-refractivity contribution >= 4 is 20.5 Å². The van der Waals surface area contributed by atoms with Crippen LogP contribution in [-0.2, 0) is 28.3 Å². The topological polar surface area (TPSA) is 120 Å². The zero-order valence-corrected chi connectivity index (χ0v) is 14.8. The Labute approximate surface area is 136 Å². The lowest BCUT2D eigenvalue weighted by Gasteiger charge is -2.27. The maximum absolute atomic E-state index is 11.6. The molecule has 10 heteroatoms. The minimum absolute atomic E-state index is 0.131. The Morgan fingerprint density at radius 2 is 1.65 bits per heavy atom. The van der Waals surface area contributed by atoms with Crippen LogP contribution in [0.25, 0.3) is 0 Å². The molecular weight excluding hydrogens is 329 g/mol. The van der Waals surface area contributed by atoms with Crippen molar-refractivity contribution < 1.29 is 38.2 Å². The van der Waals surface area contributed by atoms with E-state index in [1.807, 2.05) is 0 Å². The fourth-order valence-corrected chi connectivity index (χ4v) is 1.87. The lowest BCUT2D eigenvalue weighted by molar-refractivity contribution is -0.319. The summed E-state index contributed by atoms with van der Waals surface area (Å²) in [5, 5.41) is 11.3. The Hall–Kier alpha value is -1.28. The summed E-state index contributed by atoms with van der Waals surface area (Å²) < 4.78 is 31.7. The van der Waals surface area contributed by atoms with Gasteiger partial charge in [0.05, 0.1) is 19.8 Å². The number of carboxylic acids is 1. The van der Waals surface area contributed by atoms with Gasteiger partial charge in [0.1, 0.15) is 5.60 Å². The second-order valence-corrected chi connectivity index (χ2v) is 6.06. The number of nitrogens with one attached hydrogen (secondary N) is 1. The van der Waals surface area contributed by atoms with E-state index in [2.05, 4.69) is 5.32 Å². The average molecular weight is 353 g/mol. The SMILES string of the molecule is CCOC(OCC)(OCC(NC(=O)OC(C)(C)C)C(=O)O)P=O. The molecular formula is C13H24NO8P. The molecule has 2 N–H and O–H groups in total. The number of carbonyl (C=O) groups is 2. The summed E-state index contributed by atoms with van der Waals surface area (Å²) >= 11 is 0. The van der Waals surface area contributed by atoms with Gasteiger partial charge in [-0.1, -0.05) is 0 Å². The molecule has 9 nitrogen and oxygen atoms in total. The summed E-state index contributed by atoms with van der Waals surface area (Å²) in [6.45, 7) is 7.94. The molecule has 0 rings (SSSR count). The smallest absolute Gasteiger partial charge is 0.408 e. The first-order valence-corrected chi connectivity index (χ1v) is 7.89. The molecule has 1 atom stereocenters. The van der Waals surface area contributed by atoms with Crippen molar-refractivity contribution in [2.45, 2.75) is 52.0 Å². The largest absolute Gasteiger partial charge is 0.480 e. The molecule has 134 valence electrons. The molecule has 1 amide bonds. The Bertz CT molecular complexity index is 403. The minimum Gasteiger partial charge on any atom is -0.480 e. The predicted octanol–water partition coefficient (Wildman–Crippen LogP) is 1.96.